The summed E-state index contributed by atoms with van der Waals surface area (Å²) in [7, 11) is 0. The Morgan fingerprint density at radius 1 is 1.35 bits per heavy atom. The molecule has 1 aliphatic rings. The summed E-state index contributed by atoms with van der Waals surface area (Å²) in [5.74, 6) is 0.812. The van der Waals surface area contributed by atoms with Crippen molar-refractivity contribution in [2.45, 2.75) is 53.9 Å². The SMILES string of the molecule is CCOC1=C(/C)CC/C=C(CC(C)(C)C)/C=N\1. The lowest BCUT2D eigenvalue weighted by atomic mass is 9.87. The van der Waals surface area contributed by atoms with Crippen LogP contribution in [0.4, 0.5) is 0 Å². The highest BCUT2D eigenvalue weighted by Crippen LogP contribution is 2.25. The van der Waals surface area contributed by atoms with Gasteiger partial charge in [0.15, 0.2) is 0 Å². The molecule has 1 heterocycles. The zero-order valence-electron chi connectivity index (χ0n) is 11.8. The molecule has 0 amide bonds. The molecule has 0 spiro atoms. The molecule has 0 aromatic heterocycles. The molecule has 0 unspecified atom stereocenters. The quantitative estimate of drug-likeness (QED) is 0.706. The standard InChI is InChI=1S/C15H25NO/c1-6-17-14-12(2)8-7-9-13(11-16-14)10-15(3,4)5/h9,11H,6-8,10H2,1-5H3/b13-9+,14-12-,16-11-. The van der Waals surface area contributed by atoms with Crippen LogP contribution >= 0.6 is 0 Å². The fourth-order valence-corrected chi connectivity index (χ4v) is 1.91. The van der Waals surface area contributed by atoms with Gasteiger partial charge in [-0.2, -0.15) is 0 Å². The van der Waals surface area contributed by atoms with Gasteiger partial charge in [-0.25, -0.2) is 4.99 Å². The van der Waals surface area contributed by atoms with E-state index in [-0.39, 0.29) is 0 Å². The van der Waals surface area contributed by atoms with Crippen molar-refractivity contribution in [1.82, 2.24) is 0 Å². The molecule has 2 heteroatoms. The lowest BCUT2D eigenvalue weighted by molar-refractivity contribution is 0.222. The fourth-order valence-electron chi connectivity index (χ4n) is 1.91. The molecule has 0 aromatic carbocycles. The van der Waals surface area contributed by atoms with Gasteiger partial charge in [0.2, 0.25) is 5.88 Å². The minimum absolute atomic E-state index is 0.307. The van der Waals surface area contributed by atoms with Crippen LogP contribution in [0.25, 0.3) is 0 Å². The Bertz CT molecular complexity index is 342. The van der Waals surface area contributed by atoms with E-state index < -0.39 is 0 Å². The first-order valence-corrected chi connectivity index (χ1v) is 6.48. The van der Waals surface area contributed by atoms with Crippen molar-refractivity contribution in [1.29, 1.82) is 0 Å². The number of hydrogen-bond acceptors (Lipinski definition) is 2. The molecule has 1 aliphatic heterocycles. The Hall–Kier alpha value is -1.05. The number of aliphatic imine (C=N–C) groups is 1. The molecule has 0 saturated carbocycles. The van der Waals surface area contributed by atoms with Crippen LogP contribution < -0.4 is 0 Å². The molecule has 0 bridgehead atoms. The molecule has 96 valence electrons. The summed E-state index contributed by atoms with van der Waals surface area (Å²) >= 11 is 0. The van der Waals surface area contributed by atoms with E-state index in [0.717, 1.165) is 25.1 Å². The molecule has 0 radical (unpaired) electrons. The van der Waals surface area contributed by atoms with Crippen LogP contribution in [0.1, 0.15) is 53.9 Å². The summed E-state index contributed by atoms with van der Waals surface area (Å²) in [6.07, 6.45) is 7.47. The Kier molecular flexibility index (Phi) is 4.98. The van der Waals surface area contributed by atoms with E-state index in [0.29, 0.717) is 12.0 Å². The van der Waals surface area contributed by atoms with E-state index >= 15 is 0 Å². The molecule has 1 rings (SSSR count). The third-order valence-corrected chi connectivity index (χ3v) is 2.65. The maximum absolute atomic E-state index is 5.56. The summed E-state index contributed by atoms with van der Waals surface area (Å²) in [6, 6.07) is 0. The van der Waals surface area contributed by atoms with Crippen molar-refractivity contribution < 1.29 is 4.74 Å². The lowest BCUT2D eigenvalue weighted by Crippen LogP contribution is -2.08. The van der Waals surface area contributed by atoms with Gasteiger partial charge >= 0.3 is 0 Å². The number of nitrogens with zero attached hydrogens (tertiary/aromatic N) is 1. The second-order valence-electron chi connectivity index (χ2n) is 5.83. The highest BCUT2D eigenvalue weighted by molar-refractivity contribution is 5.79. The Morgan fingerprint density at radius 3 is 2.65 bits per heavy atom. The van der Waals surface area contributed by atoms with Gasteiger partial charge in [0, 0.05) is 6.21 Å². The summed E-state index contributed by atoms with van der Waals surface area (Å²) < 4.78 is 5.56. The van der Waals surface area contributed by atoms with Gasteiger partial charge in [0.05, 0.1) is 6.61 Å². The molecule has 17 heavy (non-hydrogen) atoms. The van der Waals surface area contributed by atoms with Crippen LogP contribution in [0.15, 0.2) is 28.1 Å². The van der Waals surface area contributed by atoms with Crippen molar-refractivity contribution in [2.75, 3.05) is 6.61 Å². The number of ether oxygens (including phenoxy) is 1. The smallest absolute Gasteiger partial charge is 0.212 e. The highest BCUT2D eigenvalue weighted by atomic mass is 16.5. The van der Waals surface area contributed by atoms with Crippen LogP contribution in [0.3, 0.4) is 0 Å². The summed E-state index contributed by atoms with van der Waals surface area (Å²) in [5, 5.41) is 0. The van der Waals surface area contributed by atoms with Crippen molar-refractivity contribution in [2.24, 2.45) is 10.4 Å². The van der Waals surface area contributed by atoms with Crippen LogP contribution in [0.5, 0.6) is 0 Å². The predicted octanol–water partition coefficient (Wildman–Crippen LogP) is 4.48. The van der Waals surface area contributed by atoms with Gasteiger partial charge in [-0.05, 0) is 49.7 Å². The average Bonchev–Trinajstić information content (AvgIpc) is 2.19. The molecule has 0 saturated heterocycles. The normalized spacial score (nSPS) is 26.8. The van der Waals surface area contributed by atoms with E-state index in [1.807, 2.05) is 13.1 Å². The first-order chi connectivity index (χ1) is 7.92. The van der Waals surface area contributed by atoms with Gasteiger partial charge < -0.3 is 4.74 Å². The maximum Gasteiger partial charge on any atom is 0.212 e. The summed E-state index contributed by atoms with van der Waals surface area (Å²) in [6.45, 7) is 11.6. The topological polar surface area (TPSA) is 21.6 Å². The van der Waals surface area contributed by atoms with Gasteiger partial charge in [0.1, 0.15) is 0 Å². The molecular weight excluding hydrogens is 210 g/mol. The van der Waals surface area contributed by atoms with Crippen LogP contribution in [-0.4, -0.2) is 12.8 Å². The molecule has 0 fully saturated rings. The Labute approximate surface area is 105 Å². The third-order valence-electron chi connectivity index (χ3n) is 2.65. The van der Waals surface area contributed by atoms with Gasteiger partial charge in [-0.1, -0.05) is 26.8 Å². The molecule has 0 aromatic rings. The van der Waals surface area contributed by atoms with E-state index in [9.17, 15) is 0 Å². The molecule has 0 N–H and O–H groups in total. The second-order valence-corrected chi connectivity index (χ2v) is 5.83. The molecule has 0 aliphatic carbocycles. The monoisotopic (exact) mass is 235 g/mol. The maximum atomic E-state index is 5.56. The van der Waals surface area contributed by atoms with Crippen molar-refractivity contribution in [3.8, 4) is 0 Å². The van der Waals surface area contributed by atoms with E-state index in [2.05, 4.69) is 38.8 Å². The van der Waals surface area contributed by atoms with Gasteiger partial charge in [-0.15, -0.1) is 0 Å². The van der Waals surface area contributed by atoms with Crippen LogP contribution in [0, 0.1) is 5.41 Å². The lowest BCUT2D eigenvalue weighted by Gasteiger charge is -2.19. The third kappa shape index (κ3) is 5.20. The van der Waals surface area contributed by atoms with Gasteiger partial charge in [-0.3, -0.25) is 0 Å². The minimum Gasteiger partial charge on any atom is -0.478 e. The van der Waals surface area contributed by atoms with Crippen molar-refractivity contribution in [3.05, 3.63) is 23.1 Å². The van der Waals surface area contributed by atoms with E-state index in [1.165, 1.54) is 11.1 Å². The van der Waals surface area contributed by atoms with Crippen molar-refractivity contribution in [3.63, 3.8) is 0 Å². The van der Waals surface area contributed by atoms with Gasteiger partial charge in [0.25, 0.3) is 0 Å². The largest absolute Gasteiger partial charge is 0.478 e. The zero-order valence-corrected chi connectivity index (χ0v) is 11.8. The first kappa shape index (κ1) is 14.0. The Morgan fingerprint density at radius 2 is 2.06 bits per heavy atom. The second kappa shape index (κ2) is 6.04. The van der Waals surface area contributed by atoms with E-state index in [1.54, 1.807) is 0 Å². The highest BCUT2D eigenvalue weighted by Gasteiger charge is 2.13. The molecule has 0 atom stereocenters. The summed E-state index contributed by atoms with van der Waals surface area (Å²) in [5.41, 5.74) is 2.87. The van der Waals surface area contributed by atoms with Crippen LogP contribution in [-0.2, 0) is 4.74 Å². The summed E-state index contributed by atoms with van der Waals surface area (Å²) in [4.78, 5) is 4.48. The first-order valence-electron chi connectivity index (χ1n) is 6.48. The number of rotatable bonds is 3. The van der Waals surface area contributed by atoms with E-state index in [4.69, 9.17) is 4.74 Å². The predicted molar refractivity (Wildman–Crippen MR) is 74.2 cm³/mol. The molecule has 2 nitrogen and oxygen atoms in total. The number of allylic oxidation sites excluding steroid dienone is 3. The number of hydrogen-bond donors (Lipinski definition) is 0. The Balaban J connectivity index is 2.80. The minimum atomic E-state index is 0.307. The molecular formula is C15H25NO. The zero-order chi connectivity index (χ0) is 12.9. The average molecular weight is 235 g/mol. The van der Waals surface area contributed by atoms with Crippen molar-refractivity contribution >= 4 is 6.21 Å². The fraction of sp³-hybridized carbons (Fsp3) is 0.667. The van der Waals surface area contributed by atoms with Crippen LogP contribution in [0.2, 0.25) is 0 Å².